The van der Waals surface area contributed by atoms with Gasteiger partial charge in [0.05, 0.1) is 23.2 Å². The molecule has 1 aliphatic rings. The lowest BCUT2D eigenvalue weighted by molar-refractivity contribution is -0.138. The Bertz CT molecular complexity index is 810. The molecule has 3 rings (SSSR count). The average molecular weight is 381 g/mol. The molecular formula is C16H17ClN4O3S. The van der Waals surface area contributed by atoms with Crippen molar-refractivity contribution in [2.75, 3.05) is 18.1 Å². The van der Waals surface area contributed by atoms with E-state index in [9.17, 15) is 9.59 Å². The number of carbonyl (C=O) groups is 2. The minimum Gasteiger partial charge on any atom is -0.481 e. The highest BCUT2D eigenvalue weighted by molar-refractivity contribution is 7.99. The second-order valence-corrected chi connectivity index (χ2v) is 7.23. The molecule has 2 heterocycles. The third-order valence-electron chi connectivity index (χ3n) is 3.94. The maximum absolute atomic E-state index is 12.8. The molecule has 1 aromatic heterocycles. The van der Waals surface area contributed by atoms with Crippen molar-refractivity contribution in [1.29, 1.82) is 0 Å². The van der Waals surface area contributed by atoms with Crippen LogP contribution in [-0.2, 0) is 4.79 Å². The SMILES string of the molecule is Cc1nc(C(=O)N2CCSC[C@@H]2CC(=O)O)nn1-c1ccccc1Cl. The molecule has 7 nitrogen and oxygen atoms in total. The van der Waals surface area contributed by atoms with Crippen molar-refractivity contribution in [3.8, 4) is 5.69 Å². The van der Waals surface area contributed by atoms with Crippen molar-refractivity contribution in [3.63, 3.8) is 0 Å². The van der Waals surface area contributed by atoms with Crippen molar-refractivity contribution in [3.05, 3.63) is 40.9 Å². The minimum atomic E-state index is -0.920. The molecule has 1 saturated heterocycles. The second kappa shape index (κ2) is 7.45. The Morgan fingerprint density at radius 1 is 1.40 bits per heavy atom. The third kappa shape index (κ3) is 3.80. The molecule has 1 aliphatic heterocycles. The number of carboxylic acids is 1. The minimum absolute atomic E-state index is 0.0553. The Morgan fingerprint density at radius 3 is 2.88 bits per heavy atom. The van der Waals surface area contributed by atoms with E-state index in [-0.39, 0.29) is 24.2 Å². The van der Waals surface area contributed by atoms with Crippen LogP contribution >= 0.6 is 23.4 Å². The van der Waals surface area contributed by atoms with E-state index in [0.29, 0.717) is 28.8 Å². The van der Waals surface area contributed by atoms with Crippen LogP contribution in [-0.4, -0.2) is 60.7 Å². The first-order valence-corrected chi connectivity index (χ1v) is 9.29. The zero-order chi connectivity index (χ0) is 18.0. The molecule has 1 N–H and O–H groups in total. The summed E-state index contributed by atoms with van der Waals surface area (Å²) in [5.74, 6) is 0.697. The van der Waals surface area contributed by atoms with E-state index >= 15 is 0 Å². The molecular weight excluding hydrogens is 364 g/mol. The van der Waals surface area contributed by atoms with Crippen molar-refractivity contribution in [2.24, 2.45) is 0 Å². The van der Waals surface area contributed by atoms with Gasteiger partial charge in [-0.25, -0.2) is 9.67 Å². The van der Waals surface area contributed by atoms with Crippen LogP contribution in [0.5, 0.6) is 0 Å². The smallest absolute Gasteiger partial charge is 0.305 e. The van der Waals surface area contributed by atoms with Gasteiger partial charge >= 0.3 is 5.97 Å². The van der Waals surface area contributed by atoms with Crippen molar-refractivity contribution >= 4 is 35.2 Å². The average Bonchev–Trinajstić information content (AvgIpc) is 2.96. The van der Waals surface area contributed by atoms with Crippen LogP contribution in [0.25, 0.3) is 5.69 Å². The molecule has 1 fully saturated rings. The lowest BCUT2D eigenvalue weighted by Gasteiger charge is -2.33. The van der Waals surface area contributed by atoms with Crippen molar-refractivity contribution in [2.45, 2.75) is 19.4 Å². The molecule has 25 heavy (non-hydrogen) atoms. The summed E-state index contributed by atoms with van der Waals surface area (Å²) in [6.07, 6.45) is -0.0804. The van der Waals surface area contributed by atoms with Crippen LogP contribution in [0, 0.1) is 6.92 Å². The van der Waals surface area contributed by atoms with Gasteiger partial charge in [0.2, 0.25) is 5.82 Å². The van der Waals surface area contributed by atoms with Crippen LogP contribution in [0.3, 0.4) is 0 Å². The maximum atomic E-state index is 12.8. The lowest BCUT2D eigenvalue weighted by atomic mass is 10.2. The van der Waals surface area contributed by atoms with Crippen molar-refractivity contribution in [1.82, 2.24) is 19.7 Å². The largest absolute Gasteiger partial charge is 0.481 e. The predicted molar refractivity (Wildman–Crippen MR) is 95.5 cm³/mol. The zero-order valence-electron chi connectivity index (χ0n) is 13.6. The summed E-state index contributed by atoms with van der Waals surface area (Å²) in [6.45, 7) is 2.23. The Labute approximate surface area is 154 Å². The Kier molecular flexibility index (Phi) is 5.29. The van der Waals surface area contributed by atoms with Gasteiger partial charge in [-0.2, -0.15) is 11.8 Å². The molecule has 0 aliphatic carbocycles. The van der Waals surface area contributed by atoms with Gasteiger partial charge < -0.3 is 10.0 Å². The number of carbonyl (C=O) groups excluding carboxylic acids is 1. The number of rotatable bonds is 4. The number of aliphatic carboxylic acids is 1. The zero-order valence-corrected chi connectivity index (χ0v) is 15.1. The number of carboxylic acid groups (broad SMARTS) is 1. The number of halogens is 1. The normalized spacial score (nSPS) is 17.5. The molecule has 2 aromatic rings. The van der Waals surface area contributed by atoms with E-state index in [2.05, 4.69) is 10.1 Å². The molecule has 0 bridgehead atoms. The highest BCUT2D eigenvalue weighted by atomic mass is 35.5. The van der Waals surface area contributed by atoms with E-state index in [0.717, 1.165) is 5.75 Å². The number of amides is 1. The molecule has 9 heteroatoms. The Morgan fingerprint density at radius 2 is 2.16 bits per heavy atom. The number of hydrogen-bond donors (Lipinski definition) is 1. The van der Waals surface area contributed by atoms with Gasteiger partial charge in [-0.15, -0.1) is 5.10 Å². The maximum Gasteiger partial charge on any atom is 0.305 e. The third-order valence-corrected chi connectivity index (χ3v) is 5.35. The Balaban J connectivity index is 1.89. The number of aromatic nitrogens is 3. The summed E-state index contributed by atoms with van der Waals surface area (Å²) in [6, 6.07) is 6.82. The number of aryl methyl sites for hydroxylation is 1. The summed E-state index contributed by atoms with van der Waals surface area (Å²) in [5, 5.41) is 13.9. The summed E-state index contributed by atoms with van der Waals surface area (Å²) in [5.41, 5.74) is 0.643. The van der Waals surface area contributed by atoms with Crippen LogP contribution in [0.4, 0.5) is 0 Å². The lowest BCUT2D eigenvalue weighted by Crippen LogP contribution is -2.47. The van der Waals surface area contributed by atoms with Gasteiger partial charge in [0.15, 0.2) is 0 Å². The number of nitrogens with zero attached hydrogens (tertiary/aromatic N) is 4. The monoisotopic (exact) mass is 380 g/mol. The number of hydrogen-bond acceptors (Lipinski definition) is 5. The van der Waals surface area contributed by atoms with E-state index in [1.807, 2.05) is 12.1 Å². The topological polar surface area (TPSA) is 88.3 Å². The quantitative estimate of drug-likeness (QED) is 0.875. The summed E-state index contributed by atoms with van der Waals surface area (Å²) in [4.78, 5) is 29.7. The molecule has 132 valence electrons. The molecule has 0 spiro atoms. The fourth-order valence-electron chi connectivity index (χ4n) is 2.75. The van der Waals surface area contributed by atoms with Gasteiger partial charge in [-0.1, -0.05) is 23.7 Å². The van der Waals surface area contributed by atoms with E-state index in [1.165, 1.54) is 4.68 Å². The molecule has 1 amide bonds. The molecule has 0 saturated carbocycles. The first-order valence-electron chi connectivity index (χ1n) is 7.76. The van der Waals surface area contributed by atoms with Gasteiger partial charge in [-0.3, -0.25) is 9.59 Å². The van der Waals surface area contributed by atoms with Crippen LogP contribution in [0.2, 0.25) is 5.02 Å². The first kappa shape index (κ1) is 17.8. The summed E-state index contributed by atoms with van der Waals surface area (Å²) >= 11 is 7.84. The van der Waals surface area contributed by atoms with Gasteiger partial charge in [0, 0.05) is 18.1 Å². The fourth-order valence-corrected chi connectivity index (χ4v) is 4.03. The summed E-state index contributed by atoms with van der Waals surface area (Å²) < 4.78 is 1.53. The van der Waals surface area contributed by atoms with Gasteiger partial charge in [-0.05, 0) is 19.1 Å². The van der Waals surface area contributed by atoms with Crippen LogP contribution < -0.4 is 0 Å². The van der Waals surface area contributed by atoms with E-state index < -0.39 is 5.97 Å². The Hall–Kier alpha value is -2.06. The molecule has 0 radical (unpaired) electrons. The number of para-hydroxylation sites is 1. The van der Waals surface area contributed by atoms with Gasteiger partial charge in [0.25, 0.3) is 5.91 Å². The number of thioether (sulfide) groups is 1. The predicted octanol–water partition coefficient (Wildman–Crippen LogP) is 2.26. The molecule has 1 atom stereocenters. The van der Waals surface area contributed by atoms with Crippen molar-refractivity contribution < 1.29 is 14.7 Å². The first-order chi connectivity index (χ1) is 12.0. The highest BCUT2D eigenvalue weighted by Gasteiger charge is 2.32. The molecule has 1 aromatic carbocycles. The highest BCUT2D eigenvalue weighted by Crippen LogP contribution is 2.23. The summed E-state index contributed by atoms with van der Waals surface area (Å²) in [7, 11) is 0. The van der Waals surface area contributed by atoms with Gasteiger partial charge in [0.1, 0.15) is 5.82 Å². The number of benzene rings is 1. The van der Waals surface area contributed by atoms with E-state index in [4.69, 9.17) is 16.7 Å². The van der Waals surface area contributed by atoms with E-state index in [1.54, 1.807) is 35.7 Å². The second-order valence-electron chi connectivity index (χ2n) is 5.67. The van der Waals surface area contributed by atoms with Crippen LogP contribution in [0.1, 0.15) is 22.9 Å². The molecule has 0 unspecified atom stereocenters. The van der Waals surface area contributed by atoms with Crippen LogP contribution in [0.15, 0.2) is 24.3 Å². The fraction of sp³-hybridized carbons (Fsp3) is 0.375. The standard InChI is InChI=1S/C16H17ClN4O3S/c1-10-18-15(19-21(10)13-5-3-2-4-12(13)17)16(24)20-6-7-25-9-11(20)8-14(22)23/h2-5,11H,6-9H2,1H3,(H,22,23)/t11-/m0/s1.